The zero-order chi connectivity index (χ0) is 57.4. The van der Waals surface area contributed by atoms with Gasteiger partial charge < -0.3 is 9.32 Å². The van der Waals surface area contributed by atoms with Gasteiger partial charge in [0.1, 0.15) is 11.1 Å². The molecule has 3 heterocycles. The molecule has 0 saturated carbocycles. The van der Waals surface area contributed by atoms with Crippen molar-refractivity contribution in [2.45, 2.75) is 0 Å². The fraction of sp³-hybridized carbons (Fsp3) is 0. The monoisotopic (exact) mass is 1110 g/mol. The standard InChI is InChI=1S/C81H51N5O/c1-6-21-52(22-7-1)54-37-41-61(42-38-54)85(75-49-60(53-23-8-2-9-24-53)39-43-63(75)55-25-10-3-11-26-55)62-32-20-31-58(47-62)59-40-46-74-72(48-59)68-44-45-69-73-50-70-66-35-18-16-33-64(66)65-34-17-19-36-67(65)71(70)51-76(73)87-78(69)77(68)86(74)81-83-79(56-27-12-4-13-28-56)82-80(84-81)57-29-14-5-15-30-57/h1-51H. The molecule has 17 aromatic rings. The Bertz CT molecular complexity index is 5430. The minimum atomic E-state index is 0.494. The topological polar surface area (TPSA) is 60.0 Å². The van der Waals surface area contributed by atoms with Gasteiger partial charge in [0, 0.05) is 49.6 Å². The van der Waals surface area contributed by atoms with Crippen LogP contribution >= 0.6 is 0 Å². The van der Waals surface area contributed by atoms with Crippen molar-refractivity contribution in [3.05, 3.63) is 309 Å². The lowest BCUT2D eigenvalue weighted by atomic mass is 9.93. The average molecular weight is 1110 g/mol. The number of furan rings is 1. The highest BCUT2D eigenvalue weighted by molar-refractivity contribution is 6.29. The zero-order valence-electron chi connectivity index (χ0n) is 47.1. The van der Waals surface area contributed by atoms with Crippen molar-refractivity contribution in [2.24, 2.45) is 0 Å². The summed E-state index contributed by atoms with van der Waals surface area (Å²) < 4.78 is 9.51. The van der Waals surface area contributed by atoms with E-state index in [0.717, 1.165) is 116 Å². The van der Waals surface area contributed by atoms with E-state index in [1.807, 2.05) is 36.4 Å². The molecule has 0 unspecified atom stereocenters. The minimum Gasteiger partial charge on any atom is -0.454 e. The summed E-state index contributed by atoms with van der Waals surface area (Å²) >= 11 is 0. The first kappa shape index (κ1) is 49.8. The first-order valence-corrected chi connectivity index (χ1v) is 29.5. The van der Waals surface area contributed by atoms with Crippen molar-refractivity contribution in [3.63, 3.8) is 0 Å². The summed E-state index contributed by atoms with van der Waals surface area (Å²) in [6.07, 6.45) is 0. The van der Waals surface area contributed by atoms with Crippen LogP contribution in [0, 0.1) is 0 Å². The summed E-state index contributed by atoms with van der Waals surface area (Å²) in [4.78, 5) is 18.3. The van der Waals surface area contributed by atoms with Crippen molar-refractivity contribution < 1.29 is 4.42 Å². The second kappa shape index (κ2) is 20.6. The van der Waals surface area contributed by atoms with Gasteiger partial charge in [0.05, 0.1) is 11.2 Å². The maximum atomic E-state index is 7.31. The van der Waals surface area contributed by atoms with E-state index in [4.69, 9.17) is 19.4 Å². The zero-order valence-corrected chi connectivity index (χ0v) is 47.1. The third-order valence-electron chi connectivity index (χ3n) is 17.2. The molecule has 14 aromatic carbocycles. The largest absolute Gasteiger partial charge is 0.454 e. The number of nitrogens with zero attached hydrogens (tertiary/aromatic N) is 5. The molecule has 0 aliphatic rings. The third-order valence-corrected chi connectivity index (χ3v) is 17.2. The molecule has 0 saturated heterocycles. The molecule has 6 heteroatoms. The maximum Gasteiger partial charge on any atom is 0.238 e. The van der Waals surface area contributed by atoms with Crippen molar-refractivity contribution in [1.29, 1.82) is 0 Å². The van der Waals surface area contributed by atoms with Gasteiger partial charge in [-0.15, -0.1) is 0 Å². The van der Waals surface area contributed by atoms with E-state index in [2.05, 4.69) is 282 Å². The summed E-state index contributed by atoms with van der Waals surface area (Å²) in [6, 6.07) is 110. The average Bonchev–Trinajstić information content (AvgIpc) is 1.73. The summed E-state index contributed by atoms with van der Waals surface area (Å²) in [5, 5.41) is 11.3. The summed E-state index contributed by atoms with van der Waals surface area (Å²) in [6.45, 7) is 0. The normalized spacial score (nSPS) is 11.7. The predicted molar refractivity (Wildman–Crippen MR) is 361 cm³/mol. The smallest absolute Gasteiger partial charge is 0.238 e. The Kier molecular flexibility index (Phi) is 11.8. The molecule has 0 radical (unpaired) electrons. The molecule has 87 heavy (non-hydrogen) atoms. The Labute approximate surface area is 501 Å². The van der Waals surface area contributed by atoms with Gasteiger partial charge in [0.15, 0.2) is 17.2 Å². The van der Waals surface area contributed by atoms with Crippen LogP contribution in [-0.4, -0.2) is 19.5 Å². The van der Waals surface area contributed by atoms with Crippen LogP contribution in [0.1, 0.15) is 0 Å². The molecule has 17 rings (SSSR count). The fourth-order valence-electron chi connectivity index (χ4n) is 13.1. The van der Waals surface area contributed by atoms with Gasteiger partial charge >= 0.3 is 0 Å². The highest BCUT2D eigenvalue weighted by Crippen LogP contribution is 2.47. The van der Waals surface area contributed by atoms with Gasteiger partial charge in [-0.1, -0.05) is 249 Å². The SMILES string of the molecule is c1ccc(-c2ccc(N(c3cccc(-c4ccc5c(c4)c4ccc6c7cc8c9ccccc9c9ccccc9c8cc7oc6c4n5-c4nc(-c5ccccc5)nc(-c5ccccc5)n4)c3)c3cc(-c4ccccc4)ccc3-c3ccccc3)cc2)cc1. The van der Waals surface area contributed by atoms with Crippen LogP contribution in [0.25, 0.3) is 149 Å². The van der Waals surface area contributed by atoms with Gasteiger partial charge in [-0.25, -0.2) is 4.98 Å². The summed E-state index contributed by atoms with van der Waals surface area (Å²) in [5.74, 6) is 1.65. The summed E-state index contributed by atoms with van der Waals surface area (Å²) in [5.41, 5.74) is 17.3. The molecule has 0 aliphatic heterocycles. The van der Waals surface area contributed by atoms with Crippen molar-refractivity contribution in [3.8, 4) is 73.2 Å². The quantitative estimate of drug-likeness (QED) is 0.128. The van der Waals surface area contributed by atoms with Crippen molar-refractivity contribution in [1.82, 2.24) is 19.5 Å². The first-order chi connectivity index (χ1) is 43.1. The molecule has 0 spiro atoms. The molecular weight excluding hydrogens is 1060 g/mol. The van der Waals surface area contributed by atoms with E-state index in [-0.39, 0.29) is 0 Å². The van der Waals surface area contributed by atoms with E-state index in [0.29, 0.717) is 17.6 Å². The van der Waals surface area contributed by atoms with Crippen LogP contribution in [-0.2, 0) is 0 Å². The van der Waals surface area contributed by atoms with Gasteiger partial charge in [0.2, 0.25) is 5.95 Å². The van der Waals surface area contributed by atoms with E-state index in [1.54, 1.807) is 0 Å². The molecule has 6 nitrogen and oxygen atoms in total. The molecule has 0 bridgehead atoms. The predicted octanol–water partition coefficient (Wildman–Crippen LogP) is 21.8. The molecule has 0 aliphatic carbocycles. The fourth-order valence-corrected chi connectivity index (χ4v) is 13.1. The lowest BCUT2D eigenvalue weighted by Crippen LogP contribution is -2.11. The summed E-state index contributed by atoms with van der Waals surface area (Å²) in [7, 11) is 0. The molecule has 3 aromatic heterocycles. The number of hydrogen-bond acceptors (Lipinski definition) is 5. The molecule has 0 atom stereocenters. The third kappa shape index (κ3) is 8.53. The lowest BCUT2D eigenvalue weighted by molar-refractivity contribution is 0.671. The number of rotatable bonds is 10. The number of aromatic nitrogens is 4. The van der Waals surface area contributed by atoms with E-state index in [1.165, 1.54) is 32.5 Å². The Balaban J connectivity index is 0.898. The van der Waals surface area contributed by atoms with Gasteiger partial charge in [-0.3, -0.25) is 4.57 Å². The minimum absolute atomic E-state index is 0.494. The Morgan fingerprint density at radius 2 is 0.747 bits per heavy atom. The van der Waals surface area contributed by atoms with Crippen molar-refractivity contribution >= 4 is 93.1 Å². The number of benzene rings is 14. The maximum absolute atomic E-state index is 7.31. The van der Waals surface area contributed by atoms with E-state index in [9.17, 15) is 0 Å². The molecule has 406 valence electrons. The number of hydrogen-bond donors (Lipinski definition) is 0. The van der Waals surface area contributed by atoms with Crippen LogP contribution in [0.5, 0.6) is 0 Å². The van der Waals surface area contributed by atoms with Crippen LogP contribution in [0.3, 0.4) is 0 Å². The van der Waals surface area contributed by atoms with E-state index >= 15 is 0 Å². The molecular formula is C81H51N5O. The highest BCUT2D eigenvalue weighted by atomic mass is 16.3. The lowest BCUT2D eigenvalue weighted by Gasteiger charge is -2.29. The molecule has 0 fully saturated rings. The Morgan fingerprint density at radius 3 is 1.37 bits per heavy atom. The second-order valence-corrected chi connectivity index (χ2v) is 22.3. The second-order valence-electron chi connectivity index (χ2n) is 22.3. The Hall–Kier alpha value is -11.7. The van der Waals surface area contributed by atoms with Crippen LogP contribution in [0.15, 0.2) is 314 Å². The van der Waals surface area contributed by atoms with Crippen LogP contribution < -0.4 is 4.90 Å². The van der Waals surface area contributed by atoms with Gasteiger partial charge in [0.25, 0.3) is 0 Å². The Morgan fingerprint density at radius 1 is 0.276 bits per heavy atom. The molecule has 0 N–H and O–H groups in total. The van der Waals surface area contributed by atoms with E-state index < -0.39 is 0 Å². The van der Waals surface area contributed by atoms with Crippen LogP contribution in [0.4, 0.5) is 17.1 Å². The number of fused-ring (bicyclic) bond motifs is 13. The highest BCUT2D eigenvalue weighted by Gasteiger charge is 2.25. The van der Waals surface area contributed by atoms with Crippen molar-refractivity contribution in [2.75, 3.05) is 4.90 Å². The number of anilines is 3. The molecule has 0 amide bonds. The van der Waals surface area contributed by atoms with Gasteiger partial charge in [-0.2, -0.15) is 9.97 Å². The van der Waals surface area contributed by atoms with Gasteiger partial charge in [-0.05, 0) is 132 Å². The first-order valence-electron chi connectivity index (χ1n) is 29.5. The van der Waals surface area contributed by atoms with Crippen LogP contribution in [0.2, 0.25) is 0 Å².